The molecular weight excluding hydrogens is 263 g/mol. The Morgan fingerprint density at radius 2 is 1.72 bits per heavy atom. The number of nitrogens with zero attached hydrogens (tertiary/aromatic N) is 1. The molecule has 3 radical (unpaired) electrons. The number of nitro benzene ring substituents is 1. The van der Waals surface area contributed by atoms with Gasteiger partial charge in [-0.2, -0.15) is 20.5 Å². The molecule has 0 unspecified atom stereocenters. The van der Waals surface area contributed by atoms with Crippen LogP contribution in [-0.4, -0.2) is 37.6 Å². The SMILES string of the molecule is CSC.O=[N+]([O-])c1c(F)cc(CCO)cc1F.[B]. The van der Waals surface area contributed by atoms with Gasteiger partial charge in [-0.1, -0.05) is 0 Å². The van der Waals surface area contributed by atoms with E-state index < -0.39 is 22.2 Å². The van der Waals surface area contributed by atoms with Gasteiger partial charge < -0.3 is 5.11 Å². The molecule has 0 fully saturated rings. The molecule has 0 bridgehead atoms. The summed E-state index contributed by atoms with van der Waals surface area (Å²) in [6.45, 7) is -0.267. The Morgan fingerprint density at radius 1 is 1.33 bits per heavy atom. The van der Waals surface area contributed by atoms with Gasteiger partial charge in [0.05, 0.1) is 4.92 Å². The van der Waals surface area contributed by atoms with Crippen molar-refractivity contribution in [2.24, 2.45) is 0 Å². The molecule has 8 heteroatoms. The average molecular weight is 276 g/mol. The molecule has 0 amide bonds. The summed E-state index contributed by atoms with van der Waals surface area (Å²) in [6.07, 6.45) is 4.14. The van der Waals surface area contributed by atoms with Crippen LogP contribution in [0.15, 0.2) is 12.1 Å². The summed E-state index contributed by atoms with van der Waals surface area (Å²) in [5.41, 5.74) is -0.972. The topological polar surface area (TPSA) is 63.4 Å². The predicted octanol–water partition coefficient (Wildman–Crippen LogP) is 2.01. The summed E-state index contributed by atoms with van der Waals surface area (Å²) >= 11 is 1.75. The second-order valence-electron chi connectivity index (χ2n) is 3.05. The third-order valence-corrected chi connectivity index (χ3v) is 1.66. The van der Waals surface area contributed by atoms with Gasteiger partial charge in [0, 0.05) is 15.0 Å². The maximum Gasteiger partial charge on any atom is 0.340 e. The molecule has 0 saturated carbocycles. The molecular formula is C10H13BF2NO3S. The summed E-state index contributed by atoms with van der Waals surface area (Å²) in [5, 5.41) is 18.7. The van der Waals surface area contributed by atoms with E-state index in [1.54, 1.807) is 11.8 Å². The highest BCUT2D eigenvalue weighted by Crippen LogP contribution is 2.22. The second kappa shape index (κ2) is 9.84. The predicted molar refractivity (Wildman–Crippen MR) is 69.0 cm³/mol. The molecule has 1 aromatic rings. The first kappa shape index (κ1) is 19.2. The third-order valence-electron chi connectivity index (χ3n) is 1.66. The Hall–Kier alpha value is -1.15. The lowest BCUT2D eigenvalue weighted by molar-refractivity contribution is -0.390. The number of aliphatic hydroxyl groups excluding tert-OH is 1. The van der Waals surface area contributed by atoms with Gasteiger partial charge in [0.2, 0.25) is 11.6 Å². The monoisotopic (exact) mass is 276 g/mol. The standard InChI is InChI=1S/C8H7F2NO3.C2H6S.B/c9-6-3-5(1-2-12)4-7(10)8(6)11(13)14;1-3-2;/h3-4,12H,1-2H2;1-2H3;. The van der Waals surface area contributed by atoms with Gasteiger partial charge in [0.15, 0.2) is 0 Å². The number of benzene rings is 1. The first-order chi connectivity index (χ1) is 7.97. The molecule has 99 valence electrons. The highest BCUT2D eigenvalue weighted by atomic mass is 32.2. The van der Waals surface area contributed by atoms with Gasteiger partial charge in [0.25, 0.3) is 0 Å². The maximum absolute atomic E-state index is 12.9. The maximum atomic E-state index is 12.9. The van der Waals surface area contributed by atoms with Crippen molar-refractivity contribution >= 4 is 25.9 Å². The van der Waals surface area contributed by atoms with E-state index in [9.17, 15) is 18.9 Å². The number of halogens is 2. The van der Waals surface area contributed by atoms with Crippen LogP contribution in [0.5, 0.6) is 0 Å². The van der Waals surface area contributed by atoms with E-state index in [1.807, 2.05) is 12.5 Å². The van der Waals surface area contributed by atoms with Gasteiger partial charge in [-0.3, -0.25) is 10.1 Å². The van der Waals surface area contributed by atoms with Gasteiger partial charge in [0.1, 0.15) is 0 Å². The number of rotatable bonds is 3. The Morgan fingerprint density at radius 3 is 2.00 bits per heavy atom. The molecule has 1 rings (SSSR count). The number of hydrogen-bond donors (Lipinski definition) is 1. The van der Waals surface area contributed by atoms with Crippen LogP contribution >= 0.6 is 11.8 Å². The van der Waals surface area contributed by atoms with Gasteiger partial charge in [-0.05, 0) is 36.6 Å². The molecule has 0 spiro atoms. The van der Waals surface area contributed by atoms with Crippen LogP contribution in [0.2, 0.25) is 0 Å². The first-order valence-corrected chi connectivity index (χ1v) is 6.24. The summed E-state index contributed by atoms with van der Waals surface area (Å²) in [6, 6.07) is 1.69. The molecule has 1 N–H and O–H groups in total. The van der Waals surface area contributed by atoms with Crippen LogP contribution in [0.4, 0.5) is 14.5 Å². The van der Waals surface area contributed by atoms with Crippen LogP contribution < -0.4 is 0 Å². The van der Waals surface area contributed by atoms with E-state index in [1.165, 1.54) is 0 Å². The molecule has 4 nitrogen and oxygen atoms in total. The molecule has 0 aliphatic heterocycles. The molecule has 0 aromatic heterocycles. The van der Waals surface area contributed by atoms with Crippen molar-refractivity contribution in [3.05, 3.63) is 39.4 Å². The Balaban J connectivity index is 0. The molecule has 0 heterocycles. The van der Waals surface area contributed by atoms with Crippen LogP contribution in [0.1, 0.15) is 5.56 Å². The quantitative estimate of drug-likeness (QED) is 0.521. The zero-order chi connectivity index (χ0) is 13.4. The lowest BCUT2D eigenvalue weighted by Crippen LogP contribution is -2.00. The fraction of sp³-hybridized carbons (Fsp3) is 0.400. The second-order valence-corrected chi connectivity index (χ2v) is 3.86. The fourth-order valence-electron chi connectivity index (χ4n) is 1.07. The van der Waals surface area contributed by atoms with Crippen molar-refractivity contribution in [3.8, 4) is 0 Å². The minimum absolute atomic E-state index is 0. The first-order valence-electron chi connectivity index (χ1n) is 4.61. The van der Waals surface area contributed by atoms with E-state index in [4.69, 9.17) is 5.11 Å². The Kier molecular flexibility index (Phi) is 10.5. The van der Waals surface area contributed by atoms with E-state index in [2.05, 4.69) is 0 Å². The van der Waals surface area contributed by atoms with E-state index in [-0.39, 0.29) is 27.0 Å². The van der Waals surface area contributed by atoms with Crippen LogP contribution in [-0.2, 0) is 6.42 Å². The van der Waals surface area contributed by atoms with Crippen LogP contribution in [0.3, 0.4) is 0 Å². The zero-order valence-corrected chi connectivity index (χ0v) is 10.8. The van der Waals surface area contributed by atoms with E-state index in [0.717, 1.165) is 12.1 Å². The van der Waals surface area contributed by atoms with Gasteiger partial charge in [-0.15, -0.1) is 0 Å². The fourth-order valence-corrected chi connectivity index (χ4v) is 1.07. The Bertz CT molecular complexity index is 370. The van der Waals surface area contributed by atoms with E-state index >= 15 is 0 Å². The highest BCUT2D eigenvalue weighted by molar-refractivity contribution is 7.97. The molecule has 18 heavy (non-hydrogen) atoms. The molecule has 0 aliphatic rings. The van der Waals surface area contributed by atoms with Crippen molar-refractivity contribution < 1.29 is 18.8 Å². The number of nitro groups is 1. The Labute approximate surface area is 110 Å². The van der Waals surface area contributed by atoms with Crippen molar-refractivity contribution in [2.75, 3.05) is 19.1 Å². The minimum Gasteiger partial charge on any atom is -0.396 e. The van der Waals surface area contributed by atoms with E-state index in [0.29, 0.717) is 0 Å². The highest BCUT2D eigenvalue weighted by Gasteiger charge is 2.21. The van der Waals surface area contributed by atoms with Gasteiger partial charge in [-0.25, -0.2) is 0 Å². The van der Waals surface area contributed by atoms with Crippen molar-refractivity contribution in [1.82, 2.24) is 0 Å². The van der Waals surface area contributed by atoms with Crippen molar-refractivity contribution in [3.63, 3.8) is 0 Å². The molecule has 1 aromatic carbocycles. The normalized spacial score (nSPS) is 8.94. The number of hydrogen-bond acceptors (Lipinski definition) is 4. The van der Waals surface area contributed by atoms with Crippen LogP contribution in [0, 0.1) is 21.7 Å². The largest absolute Gasteiger partial charge is 0.396 e. The number of aliphatic hydroxyl groups is 1. The van der Waals surface area contributed by atoms with Crippen molar-refractivity contribution in [2.45, 2.75) is 6.42 Å². The molecule has 0 atom stereocenters. The summed E-state index contributed by atoms with van der Waals surface area (Å²) in [4.78, 5) is 9.07. The summed E-state index contributed by atoms with van der Waals surface area (Å²) < 4.78 is 25.8. The van der Waals surface area contributed by atoms with Gasteiger partial charge >= 0.3 is 5.69 Å². The zero-order valence-electron chi connectivity index (χ0n) is 10.0. The summed E-state index contributed by atoms with van der Waals surface area (Å²) in [7, 11) is 0. The lowest BCUT2D eigenvalue weighted by atomic mass is 10.1. The lowest BCUT2D eigenvalue weighted by Gasteiger charge is -2.00. The summed E-state index contributed by atoms with van der Waals surface area (Å²) in [5.74, 6) is -2.45. The molecule has 0 aliphatic carbocycles. The third kappa shape index (κ3) is 5.97. The molecule has 0 saturated heterocycles. The minimum atomic E-state index is -1.22. The number of thioether (sulfide) groups is 1. The smallest absolute Gasteiger partial charge is 0.340 e. The van der Waals surface area contributed by atoms with Crippen molar-refractivity contribution in [1.29, 1.82) is 0 Å². The van der Waals surface area contributed by atoms with Crippen LogP contribution in [0.25, 0.3) is 0 Å². The average Bonchev–Trinajstić information content (AvgIpc) is 2.17.